The van der Waals surface area contributed by atoms with Crippen molar-refractivity contribution in [2.24, 2.45) is 5.92 Å². The number of hydrogen-bond donors (Lipinski definition) is 0. The standard InChI is InChI=1S/C16H29NO2/c1-3-16(4-2,14-10-6-7-11-14)19-15(18)17-12-8-5-9-13-17/h14H,3-13H2,1-2H3. The highest BCUT2D eigenvalue weighted by Crippen LogP contribution is 2.41. The zero-order valence-electron chi connectivity index (χ0n) is 12.6. The number of piperidine rings is 1. The largest absolute Gasteiger partial charge is 0.443 e. The lowest BCUT2D eigenvalue weighted by molar-refractivity contribution is -0.0554. The van der Waals surface area contributed by atoms with E-state index in [1.807, 2.05) is 4.90 Å². The number of likely N-dealkylation sites (tertiary alicyclic amines) is 1. The lowest BCUT2D eigenvalue weighted by Gasteiger charge is -2.39. The van der Waals surface area contributed by atoms with Crippen LogP contribution in [0.25, 0.3) is 0 Å². The molecule has 1 saturated carbocycles. The Morgan fingerprint density at radius 3 is 2.16 bits per heavy atom. The Kier molecular flexibility index (Phi) is 5.12. The number of rotatable bonds is 4. The fourth-order valence-corrected chi connectivity index (χ4v) is 3.82. The number of nitrogens with zero attached hydrogens (tertiary/aromatic N) is 1. The minimum Gasteiger partial charge on any atom is -0.443 e. The second-order valence-corrected chi connectivity index (χ2v) is 6.17. The highest BCUT2D eigenvalue weighted by atomic mass is 16.6. The maximum atomic E-state index is 12.4. The summed E-state index contributed by atoms with van der Waals surface area (Å²) in [4.78, 5) is 14.3. The fourth-order valence-electron chi connectivity index (χ4n) is 3.82. The van der Waals surface area contributed by atoms with Gasteiger partial charge >= 0.3 is 6.09 Å². The zero-order chi connectivity index (χ0) is 13.7. The van der Waals surface area contributed by atoms with E-state index < -0.39 is 0 Å². The van der Waals surface area contributed by atoms with Crippen LogP contribution in [0.2, 0.25) is 0 Å². The van der Waals surface area contributed by atoms with E-state index in [0.717, 1.165) is 38.8 Å². The number of carbonyl (C=O) groups excluding carboxylic acids is 1. The van der Waals surface area contributed by atoms with E-state index in [0.29, 0.717) is 5.92 Å². The van der Waals surface area contributed by atoms with E-state index in [4.69, 9.17) is 4.74 Å². The predicted octanol–water partition coefficient (Wildman–Crippen LogP) is 4.36. The van der Waals surface area contributed by atoms with Crippen molar-refractivity contribution in [3.8, 4) is 0 Å². The second-order valence-electron chi connectivity index (χ2n) is 6.17. The van der Waals surface area contributed by atoms with Gasteiger partial charge in [0.05, 0.1) is 0 Å². The first-order chi connectivity index (χ1) is 9.22. The number of carbonyl (C=O) groups is 1. The Morgan fingerprint density at radius 1 is 1.05 bits per heavy atom. The van der Waals surface area contributed by atoms with Crippen LogP contribution in [-0.4, -0.2) is 29.7 Å². The Morgan fingerprint density at radius 2 is 1.63 bits per heavy atom. The highest BCUT2D eigenvalue weighted by molar-refractivity contribution is 5.68. The van der Waals surface area contributed by atoms with E-state index in [2.05, 4.69) is 13.8 Å². The van der Waals surface area contributed by atoms with Crippen molar-refractivity contribution in [1.29, 1.82) is 0 Å². The molecule has 3 heteroatoms. The van der Waals surface area contributed by atoms with Gasteiger partial charge in [0, 0.05) is 13.1 Å². The normalized spacial score (nSPS) is 21.7. The molecule has 1 aliphatic heterocycles. The van der Waals surface area contributed by atoms with Gasteiger partial charge in [-0.15, -0.1) is 0 Å². The zero-order valence-corrected chi connectivity index (χ0v) is 12.6. The topological polar surface area (TPSA) is 29.5 Å². The molecule has 1 heterocycles. The molecule has 0 aromatic rings. The third kappa shape index (κ3) is 3.24. The maximum Gasteiger partial charge on any atom is 0.410 e. The Hall–Kier alpha value is -0.730. The summed E-state index contributed by atoms with van der Waals surface area (Å²) in [6.45, 7) is 6.11. The molecule has 2 rings (SSSR count). The molecule has 0 radical (unpaired) electrons. The van der Waals surface area contributed by atoms with Crippen LogP contribution in [0.5, 0.6) is 0 Å². The average molecular weight is 267 g/mol. The lowest BCUT2D eigenvalue weighted by atomic mass is 9.81. The fraction of sp³-hybridized carbons (Fsp3) is 0.938. The monoisotopic (exact) mass is 267 g/mol. The molecule has 0 spiro atoms. The Balaban J connectivity index is 2.00. The number of hydrogen-bond acceptors (Lipinski definition) is 2. The molecular formula is C16H29NO2. The van der Waals surface area contributed by atoms with Crippen LogP contribution in [0, 0.1) is 5.92 Å². The molecule has 0 N–H and O–H groups in total. The van der Waals surface area contributed by atoms with Gasteiger partial charge in [-0.05, 0) is 50.9 Å². The summed E-state index contributed by atoms with van der Waals surface area (Å²) in [6, 6.07) is 0. The van der Waals surface area contributed by atoms with Crippen LogP contribution in [0.1, 0.15) is 71.6 Å². The van der Waals surface area contributed by atoms with E-state index in [-0.39, 0.29) is 11.7 Å². The molecule has 2 aliphatic rings. The lowest BCUT2D eigenvalue weighted by Crippen LogP contribution is -2.46. The van der Waals surface area contributed by atoms with Gasteiger partial charge in [0.2, 0.25) is 0 Å². The van der Waals surface area contributed by atoms with Gasteiger partial charge in [-0.1, -0.05) is 26.7 Å². The molecule has 110 valence electrons. The molecular weight excluding hydrogens is 238 g/mol. The molecule has 2 fully saturated rings. The highest BCUT2D eigenvalue weighted by Gasteiger charge is 2.41. The third-order valence-electron chi connectivity index (χ3n) is 5.20. The first-order valence-corrected chi connectivity index (χ1v) is 8.19. The van der Waals surface area contributed by atoms with Crippen LogP contribution in [0.15, 0.2) is 0 Å². The summed E-state index contributed by atoms with van der Waals surface area (Å²) in [5, 5.41) is 0. The number of ether oxygens (including phenoxy) is 1. The summed E-state index contributed by atoms with van der Waals surface area (Å²) in [5.74, 6) is 0.580. The summed E-state index contributed by atoms with van der Waals surface area (Å²) in [7, 11) is 0. The first kappa shape index (κ1) is 14.7. The molecule has 0 aromatic carbocycles. The molecule has 0 bridgehead atoms. The smallest absolute Gasteiger partial charge is 0.410 e. The van der Waals surface area contributed by atoms with Crippen molar-refractivity contribution in [3.05, 3.63) is 0 Å². The van der Waals surface area contributed by atoms with Crippen LogP contribution < -0.4 is 0 Å². The van der Waals surface area contributed by atoms with E-state index >= 15 is 0 Å². The van der Waals surface area contributed by atoms with Crippen molar-refractivity contribution in [2.75, 3.05) is 13.1 Å². The molecule has 0 atom stereocenters. The van der Waals surface area contributed by atoms with Gasteiger partial charge in [0.25, 0.3) is 0 Å². The van der Waals surface area contributed by atoms with Gasteiger partial charge in [0.1, 0.15) is 5.60 Å². The van der Waals surface area contributed by atoms with Gasteiger partial charge in [-0.2, -0.15) is 0 Å². The van der Waals surface area contributed by atoms with Gasteiger partial charge in [-0.3, -0.25) is 0 Å². The van der Waals surface area contributed by atoms with Crippen molar-refractivity contribution in [2.45, 2.75) is 77.2 Å². The van der Waals surface area contributed by atoms with Crippen molar-refractivity contribution >= 4 is 6.09 Å². The second kappa shape index (κ2) is 6.62. The maximum absolute atomic E-state index is 12.4. The van der Waals surface area contributed by atoms with E-state index in [9.17, 15) is 4.79 Å². The average Bonchev–Trinajstić information content (AvgIpc) is 3.00. The van der Waals surface area contributed by atoms with Crippen molar-refractivity contribution in [3.63, 3.8) is 0 Å². The van der Waals surface area contributed by atoms with Gasteiger partial charge in [-0.25, -0.2) is 4.79 Å². The molecule has 1 aliphatic carbocycles. The Bertz CT molecular complexity index is 287. The quantitative estimate of drug-likeness (QED) is 0.757. The third-order valence-corrected chi connectivity index (χ3v) is 5.20. The SMILES string of the molecule is CCC(CC)(OC(=O)N1CCCCC1)C1CCCC1. The van der Waals surface area contributed by atoms with Crippen LogP contribution >= 0.6 is 0 Å². The van der Waals surface area contributed by atoms with Crippen LogP contribution in [0.3, 0.4) is 0 Å². The molecule has 1 saturated heterocycles. The van der Waals surface area contributed by atoms with Crippen LogP contribution in [-0.2, 0) is 4.74 Å². The first-order valence-electron chi connectivity index (χ1n) is 8.19. The summed E-state index contributed by atoms with van der Waals surface area (Å²) >= 11 is 0. The minimum atomic E-state index is -0.203. The summed E-state index contributed by atoms with van der Waals surface area (Å²) in [5.41, 5.74) is -0.203. The summed E-state index contributed by atoms with van der Waals surface area (Å²) < 4.78 is 6.05. The van der Waals surface area contributed by atoms with Gasteiger partial charge in [0.15, 0.2) is 0 Å². The molecule has 19 heavy (non-hydrogen) atoms. The molecule has 0 aromatic heterocycles. The Labute approximate surface area is 117 Å². The predicted molar refractivity (Wildman–Crippen MR) is 77.2 cm³/mol. The van der Waals surface area contributed by atoms with Crippen molar-refractivity contribution in [1.82, 2.24) is 4.90 Å². The van der Waals surface area contributed by atoms with E-state index in [1.54, 1.807) is 0 Å². The van der Waals surface area contributed by atoms with Crippen molar-refractivity contribution < 1.29 is 9.53 Å². The molecule has 1 amide bonds. The molecule has 3 nitrogen and oxygen atoms in total. The molecule has 0 unspecified atom stereocenters. The number of amides is 1. The minimum absolute atomic E-state index is 0.0599. The summed E-state index contributed by atoms with van der Waals surface area (Å²) in [6.07, 6.45) is 10.4. The van der Waals surface area contributed by atoms with Gasteiger partial charge < -0.3 is 9.64 Å². The van der Waals surface area contributed by atoms with E-state index in [1.165, 1.54) is 32.1 Å². The van der Waals surface area contributed by atoms with Crippen LogP contribution in [0.4, 0.5) is 4.79 Å².